The van der Waals surface area contributed by atoms with E-state index in [9.17, 15) is 4.79 Å². The molecule has 0 spiro atoms. The Morgan fingerprint density at radius 2 is 2.17 bits per heavy atom. The second kappa shape index (κ2) is 5.60. The summed E-state index contributed by atoms with van der Waals surface area (Å²) in [5.74, 6) is 0. The number of carbonyl (C=O) groups is 1. The fourth-order valence-electron chi connectivity index (χ4n) is 1.06. The van der Waals surface area contributed by atoms with Gasteiger partial charge in [-0.15, -0.1) is 0 Å². The highest BCUT2D eigenvalue weighted by Crippen LogP contribution is 1.95. The third kappa shape index (κ3) is 3.39. The fourth-order valence-corrected chi connectivity index (χ4v) is 1.06. The van der Waals surface area contributed by atoms with E-state index in [0.29, 0.717) is 0 Å². The van der Waals surface area contributed by atoms with Crippen molar-refractivity contribution in [1.29, 1.82) is 0 Å². The first-order chi connectivity index (χ1) is 5.65. The number of carbonyl (C=O) groups excluding carboxylic acids is 1. The molecular weight excluding hydrogens is 154 g/mol. The maximum atomic E-state index is 10.5. The van der Waals surface area contributed by atoms with Gasteiger partial charge < -0.3 is 11.1 Å². The van der Waals surface area contributed by atoms with Gasteiger partial charge in [-0.3, -0.25) is 4.90 Å². The van der Waals surface area contributed by atoms with Crippen molar-refractivity contribution >= 4 is 6.03 Å². The van der Waals surface area contributed by atoms with Crippen LogP contribution in [0.5, 0.6) is 0 Å². The molecule has 0 saturated heterocycles. The molecule has 3 N–H and O–H groups in total. The van der Waals surface area contributed by atoms with Crippen molar-refractivity contribution in [2.24, 2.45) is 5.73 Å². The highest BCUT2D eigenvalue weighted by atomic mass is 16.2. The minimum absolute atomic E-state index is 0.155. The SMILES string of the molecule is C=CC(NC(N)=O)N(CC)CC. The molecule has 0 bridgehead atoms. The molecule has 4 nitrogen and oxygen atoms in total. The van der Waals surface area contributed by atoms with Crippen LogP contribution < -0.4 is 11.1 Å². The summed E-state index contributed by atoms with van der Waals surface area (Å²) in [6, 6.07) is -0.521. The summed E-state index contributed by atoms with van der Waals surface area (Å²) >= 11 is 0. The van der Waals surface area contributed by atoms with E-state index in [2.05, 4.69) is 11.9 Å². The molecule has 0 fully saturated rings. The number of likely N-dealkylation sites (N-methyl/N-ethyl adjacent to an activating group) is 1. The lowest BCUT2D eigenvalue weighted by atomic mass is 10.4. The van der Waals surface area contributed by atoms with Gasteiger partial charge in [0.15, 0.2) is 0 Å². The van der Waals surface area contributed by atoms with Gasteiger partial charge in [-0.1, -0.05) is 26.5 Å². The van der Waals surface area contributed by atoms with Crippen molar-refractivity contribution in [3.05, 3.63) is 12.7 Å². The number of nitrogens with zero attached hydrogens (tertiary/aromatic N) is 1. The van der Waals surface area contributed by atoms with E-state index >= 15 is 0 Å². The Labute approximate surface area is 73.4 Å². The standard InChI is InChI=1S/C8H17N3O/c1-4-7(10-8(9)12)11(5-2)6-3/h4,7H,1,5-6H2,2-3H3,(H3,9,10,12). The van der Waals surface area contributed by atoms with Gasteiger partial charge in [-0.05, 0) is 13.1 Å². The molecule has 0 rings (SSSR count). The summed E-state index contributed by atoms with van der Waals surface area (Å²) in [6.45, 7) is 9.36. The zero-order valence-corrected chi connectivity index (χ0v) is 7.71. The van der Waals surface area contributed by atoms with Gasteiger partial charge in [0.1, 0.15) is 6.17 Å². The van der Waals surface area contributed by atoms with Crippen molar-refractivity contribution in [1.82, 2.24) is 10.2 Å². The highest BCUT2D eigenvalue weighted by Gasteiger charge is 2.11. The van der Waals surface area contributed by atoms with Crippen molar-refractivity contribution in [3.63, 3.8) is 0 Å². The minimum Gasteiger partial charge on any atom is -0.352 e. The van der Waals surface area contributed by atoms with E-state index < -0.39 is 6.03 Å². The van der Waals surface area contributed by atoms with E-state index in [1.165, 1.54) is 0 Å². The summed E-state index contributed by atoms with van der Waals surface area (Å²) < 4.78 is 0. The minimum atomic E-state index is -0.521. The third-order valence-corrected chi connectivity index (χ3v) is 1.72. The molecule has 0 aliphatic heterocycles. The lowest BCUT2D eigenvalue weighted by molar-refractivity contribution is 0.207. The Bertz CT molecular complexity index is 154. The Morgan fingerprint density at radius 3 is 2.42 bits per heavy atom. The topological polar surface area (TPSA) is 58.4 Å². The Balaban J connectivity index is 4.10. The van der Waals surface area contributed by atoms with Crippen molar-refractivity contribution in [2.75, 3.05) is 13.1 Å². The van der Waals surface area contributed by atoms with Crippen molar-refractivity contribution in [2.45, 2.75) is 20.0 Å². The van der Waals surface area contributed by atoms with Crippen molar-refractivity contribution in [3.8, 4) is 0 Å². The number of rotatable bonds is 5. The summed E-state index contributed by atoms with van der Waals surface area (Å²) in [5, 5.41) is 2.58. The summed E-state index contributed by atoms with van der Waals surface area (Å²) in [4.78, 5) is 12.6. The average Bonchev–Trinajstić information content (AvgIpc) is 2.04. The normalized spacial score (nSPS) is 12.6. The third-order valence-electron chi connectivity index (χ3n) is 1.72. The molecule has 0 aromatic rings. The summed E-state index contributed by atoms with van der Waals surface area (Å²) in [6.07, 6.45) is 1.51. The van der Waals surface area contributed by atoms with Gasteiger partial charge in [0.25, 0.3) is 0 Å². The molecule has 1 unspecified atom stereocenters. The maximum Gasteiger partial charge on any atom is 0.313 e. The van der Waals surface area contributed by atoms with Gasteiger partial charge in [-0.25, -0.2) is 4.79 Å². The van der Waals surface area contributed by atoms with E-state index in [1.54, 1.807) is 6.08 Å². The van der Waals surface area contributed by atoms with Gasteiger partial charge in [-0.2, -0.15) is 0 Å². The van der Waals surface area contributed by atoms with E-state index in [0.717, 1.165) is 13.1 Å². The van der Waals surface area contributed by atoms with Crippen LogP contribution in [0.4, 0.5) is 4.79 Å². The monoisotopic (exact) mass is 171 g/mol. The largest absolute Gasteiger partial charge is 0.352 e. The molecule has 0 aromatic carbocycles. The van der Waals surface area contributed by atoms with Crippen LogP contribution >= 0.6 is 0 Å². The van der Waals surface area contributed by atoms with Crippen molar-refractivity contribution < 1.29 is 4.79 Å². The Morgan fingerprint density at radius 1 is 1.67 bits per heavy atom. The molecule has 1 atom stereocenters. The zero-order chi connectivity index (χ0) is 9.56. The Kier molecular flexibility index (Phi) is 5.12. The molecule has 0 radical (unpaired) electrons. The van der Waals surface area contributed by atoms with Crippen LogP contribution in [-0.4, -0.2) is 30.2 Å². The smallest absolute Gasteiger partial charge is 0.313 e. The molecule has 4 heteroatoms. The predicted octanol–water partition coefficient (Wildman–Crippen LogP) is 0.509. The lowest BCUT2D eigenvalue weighted by Crippen LogP contribution is -2.48. The number of hydrogen-bond acceptors (Lipinski definition) is 2. The van der Waals surface area contributed by atoms with Gasteiger partial charge in [0, 0.05) is 0 Å². The molecule has 0 aliphatic carbocycles. The second-order valence-electron chi connectivity index (χ2n) is 2.41. The molecule has 0 aromatic heterocycles. The first-order valence-corrected chi connectivity index (χ1v) is 4.08. The van der Waals surface area contributed by atoms with Crippen LogP contribution in [0.15, 0.2) is 12.7 Å². The van der Waals surface area contributed by atoms with Crippen LogP contribution in [0, 0.1) is 0 Å². The van der Waals surface area contributed by atoms with Crippen LogP contribution in [0.3, 0.4) is 0 Å². The maximum absolute atomic E-state index is 10.5. The quantitative estimate of drug-likeness (QED) is 0.467. The lowest BCUT2D eigenvalue weighted by Gasteiger charge is -2.26. The van der Waals surface area contributed by atoms with Crippen LogP contribution in [0.25, 0.3) is 0 Å². The van der Waals surface area contributed by atoms with E-state index in [-0.39, 0.29) is 6.17 Å². The molecule has 12 heavy (non-hydrogen) atoms. The number of urea groups is 1. The first kappa shape index (κ1) is 11.0. The van der Waals surface area contributed by atoms with Gasteiger partial charge in [0.2, 0.25) is 0 Å². The van der Waals surface area contributed by atoms with Gasteiger partial charge in [0.05, 0.1) is 0 Å². The summed E-state index contributed by atoms with van der Waals surface area (Å²) in [5.41, 5.74) is 4.99. The second-order valence-corrected chi connectivity index (χ2v) is 2.41. The summed E-state index contributed by atoms with van der Waals surface area (Å²) in [7, 11) is 0. The number of nitrogens with one attached hydrogen (secondary N) is 1. The fraction of sp³-hybridized carbons (Fsp3) is 0.625. The van der Waals surface area contributed by atoms with E-state index in [4.69, 9.17) is 5.73 Å². The molecule has 0 saturated carbocycles. The van der Waals surface area contributed by atoms with Gasteiger partial charge >= 0.3 is 6.03 Å². The first-order valence-electron chi connectivity index (χ1n) is 4.08. The number of hydrogen-bond donors (Lipinski definition) is 2. The number of primary amides is 1. The van der Waals surface area contributed by atoms with E-state index in [1.807, 2.05) is 18.7 Å². The average molecular weight is 171 g/mol. The highest BCUT2D eigenvalue weighted by molar-refractivity contribution is 5.72. The Hall–Kier alpha value is -1.03. The number of nitrogens with two attached hydrogens (primary N) is 1. The van der Waals surface area contributed by atoms with Crippen LogP contribution in [0.1, 0.15) is 13.8 Å². The molecular formula is C8H17N3O. The predicted molar refractivity (Wildman–Crippen MR) is 49.6 cm³/mol. The molecule has 0 heterocycles. The molecule has 70 valence electrons. The zero-order valence-electron chi connectivity index (χ0n) is 7.71. The number of amides is 2. The van der Waals surface area contributed by atoms with Crippen LogP contribution in [0.2, 0.25) is 0 Å². The molecule has 2 amide bonds. The van der Waals surface area contributed by atoms with Crippen LogP contribution in [-0.2, 0) is 0 Å². The molecule has 0 aliphatic rings.